The average molecular weight is 406 g/mol. The highest BCUT2D eigenvalue weighted by molar-refractivity contribution is 5.89. The van der Waals surface area contributed by atoms with Crippen LogP contribution in [0.1, 0.15) is 30.4 Å². The number of nitrogens with zero attached hydrogens (tertiary/aromatic N) is 1. The Labute approximate surface area is 161 Å². The number of carbonyl (C=O) groups excluding carboxylic acids is 2. The summed E-state index contributed by atoms with van der Waals surface area (Å²) >= 11 is 0. The monoisotopic (exact) mass is 405 g/mol. The highest BCUT2D eigenvalue weighted by Gasteiger charge is 2.36. The van der Waals surface area contributed by atoms with E-state index in [0.29, 0.717) is 18.0 Å². The van der Waals surface area contributed by atoms with Crippen molar-refractivity contribution in [2.45, 2.75) is 38.0 Å². The molecule has 2 aliphatic rings. The largest absolute Gasteiger partial charge is 0.416 e. The fourth-order valence-corrected chi connectivity index (χ4v) is 3.22. The highest BCUT2D eigenvalue weighted by atomic mass is 35.5. The Hall–Kier alpha value is -1.80. The van der Waals surface area contributed by atoms with Crippen molar-refractivity contribution in [3.05, 3.63) is 35.4 Å². The zero-order chi connectivity index (χ0) is 18.9. The zero-order valence-electron chi connectivity index (χ0n) is 14.7. The number of hydrogen-bond donors (Lipinski definition) is 2. The van der Waals surface area contributed by atoms with Crippen LogP contribution in [0.25, 0.3) is 0 Å². The third-order valence-electron chi connectivity index (χ3n) is 4.95. The smallest absolute Gasteiger partial charge is 0.354 e. The summed E-state index contributed by atoms with van der Waals surface area (Å²) < 4.78 is 38.4. The Morgan fingerprint density at radius 2 is 2.04 bits per heavy atom. The van der Waals surface area contributed by atoms with Crippen LogP contribution in [0.3, 0.4) is 0 Å². The lowest BCUT2D eigenvalue weighted by Gasteiger charge is -2.18. The first-order valence-electron chi connectivity index (χ1n) is 8.71. The second-order valence-corrected chi connectivity index (χ2v) is 7.12. The second kappa shape index (κ2) is 8.48. The van der Waals surface area contributed by atoms with Crippen LogP contribution >= 0.6 is 12.4 Å². The van der Waals surface area contributed by atoms with Crippen LogP contribution in [0.15, 0.2) is 24.3 Å². The van der Waals surface area contributed by atoms with Crippen molar-refractivity contribution in [1.29, 1.82) is 0 Å². The number of hydrogen-bond acceptors (Lipinski definition) is 3. The molecular weight excluding hydrogens is 383 g/mol. The van der Waals surface area contributed by atoms with Gasteiger partial charge in [0, 0.05) is 32.1 Å². The van der Waals surface area contributed by atoms with E-state index in [4.69, 9.17) is 5.73 Å². The van der Waals surface area contributed by atoms with E-state index in [1.54, 1.807) is 6.07 Å². The molecule has 2 unspecified atom stereocenters. The predicted octanol–water partition coefficient (Wildman–Crippen LogP) is 2.33. The van der Waals surface area contributed by atoms with Gasteiger partial charge in [-0.1, -0.05) is 12.1 Å². The summed E-state index contributed by atoms with van der Waals surface area (Å²) in [6.07, 6.45) is -2.18. The molecule has 150 valence electrons. The van der Waals surface area contributed by atoms with Crippen LogP contribution < -0.4 is 11.1 Å². The summed E-state index contributed by atoms with van der Waals surface area (Å²) in [7, 11) is 0. The molecule has 3 rings (SSSR count). The van der Waals surface area contributed by atoms with Crippen molar-refractivity contribution >= 4 is 24.2 Å². The molecule has 1 aliphatic heterocycles. The zero-order valence-corrected chi connectivity index (χ0v) is 15.5. The third kappa shape index (κ3) is 5.59. The SMILES string of the molecule is Cl.NC(CNC(=O)C1CC(=O)N(Cc2cccc(C(F)(F)F)c2)C1)C1CC1. The number of nitrogens with one attached hydrogen (secondary N) is 1. The van der Waals surface area contributed by atoms with E-state index >= 15 is 0 Å². The number of carbonyl (C=O) groups is 2. The molecule has 1 saturated carbocycles. The normalized spacial score (nSPS) is 21.0. The van der Waals surface area contributed by atoms with Gasteiger partial charge >= 0.3 is 6.18 Å². The van der Waals surface area contributed by atoms with Gasteiger partial charge in [0.15, 0.2) is 0 Å². The van der Waals surface area contributed by atoms with Gasteiger partial charge in [0.05, 0.1) is 11.5 Å². The van der Waals surface area contributed by atoms with Gasteiger partial charge in [-0.15, -0.1) is 12.4 Å². The van der Waals surface area contributed by atoms with Gasteiger partial charge in [-0.05, 0) is 36.5 Å². The Balaban J connectivity index is 0.00000261. The van der Waals surface area contributed by atoms with E-state index in [-0.39, 0.29) is 49.8 Å². The third-order valence-corrected chi connectivity index (χ3v) is 4.95. The Morgan fingerprint density at radius 1 is 1.33 bits per heavy atom. The van der Waals surface area contributed by atoms with Crippen LogP contribution in [0, 0.1) is 11.8 Å². The number of halogens is 4. The molecular formula is C18H23ClF3N3O2. The topological polar surface area (TPSA) is 75.4 Å². The molecule has 1 saturated heterocycles. The fourth-order valence-electron chi connectivity index (χ4n) is 3.22. The van der Waals surface area contributed by atoms with Gasteiger partial charge in [-0.3, -0.25) is 9.59 Å². The summed E-state index contributed by atoms with van der Waals surface area (Å²) in [5.74, 6) is -0.465. The van der Waals surface area contributed by atoms with Crippen LogP contribution in [0.2, 0.25) is 0 Å². The molecule has 0 aromatic heterocycles. The maximum absolute atomic E-state index is 12.8. The van der Waals surface area contributed by atoms with Crippen molar-refractivity contribution in [3.8, 4) is 0 Å². The van der Waals surface area contributed by atoms with E-state index in [9.17, 15) is 22.8 Å². The molecule has 0 spiro atoms. The average Bonchev–Trinajstić information content (AvgIpc) is 3.37. The summed E-state index contributed by atoms with van der Waals surface area (Å²) in [5.41, 5.74) is 5.60. The summed E-state index contributed by atoms with van der Waals surface area (Å²) in [6, 6.07) is 4.84. The maximum atomic E-state index is 12.8. The maximum Gasteiger partial charge on any atom is 0.416 e. The van der Waals surface area contributed by atoms with Gasteiger partial charge in [0.1, 0.15) is 0 Å². The summed E-state index contributed by atoms with van der Waals surface area (Å²) in [6.45, 7) is 0.662. The van der Waals surface area contributed by atoms with E-state index in [1.165, 1.54) is 11.0 Å². The summed E-state index contributed by atoms with van der Waals surface area (Å²) in [4.78, 5) is 25.8. The summed E-state index contributed by atoms with van der Waals surface area (Å²) in [5, 5.41) is 2.79. The molecule has 3 N–H and O–H groups in total. The van der Waals surface area contributed by atoms with E-state index in [2.05, 4.69) is 5.32 Å². The van der Waals surface area contributed by atoms with Crippen molar-refractivity contribution in [3.63, 3.8) is 0 Å². The molecule has 5 nitrogen and oxygen atoms in total. The minimum atomic E-state index is -4.42. The number of alkyl halides is 3. The first-order valence-corrected chi connectivity index (χ1v) is 8.71. The predicted molar refractivity (Wildman–Crippen MR) is 95.9 cm³/mol. The highest BCUT2D eigenvalue weighted by Crippen LogP contribution is 2.31. The number of amides is 2. The van der Waals surface area contributed by atoms with Crippen LogP contribution in [-0.2, 0) is 22.3 Å². The van der Waals surface area contributed by atoms with E-state index < -0.39 is 17.7 Å². The second-order valence-electron chi connectivity index (χ2n) is 7.12. The molecule has 1 aliphatic carbocycles. The van der Waals surface area contributed by atoms with Crippen molar-refractivity contribution < 1.29 is 22.8 Å². The van der Waals surface area contributed by atoms with Crippen molar-refractivity contribution in [1.82, 2.24) is 10.2 Å². The molecule has 9 heteroatoms. The van der Waals surface area contributed by atoms with Crippen LogP contribution in [-0.4, -0.2) is 35.8 Å². The molecule has 2 atom stereocenters. The molecule has 27 heavy (non-hydrogen) atoms. The molecule has 2 fully saturated rings. The quantitative estimate of drug-likeness (QED) is 0.762. The van der Waals surface area contributed by atoms with Crippen molar-refractivity contribution in [2.24, 2.45) is 17.6 Å². The Bertz CT molecular complexity index is 695. The first-order chi connectivity index (χ1) is 12.2. The molecule has 2 amide bonds. The van der Waals surface area contributed by atoms with Crippen LogP contribution in [0.4, 0.5) is 13.2 Å². The lowest BCUT2D eigenvalue weighted by Crippen LogP contribution is -2.41. The minimum absolute atomic E-state index is 0. The number of nitrogens with two attached hydrogens (primary N) is 1. The molecule has 1 aromatic carbocycles. The van der Waals surface area contributed by atoms with Gasteiger partial charge < -0.3 is 16.0 Å². The van der Waals surface area contributed by atoms with Gasteiger partial charge in [-0.25, -0.2) is 0 Å². The Morgan fingerprint density at radius 3 is 2.67 bits per heavy atom. The lowest BCUT2D eigenvalue weighted by molar-refractivity contribution is -0.137. The standard InChI is InChI=1S/C18H22F3N3O2.ClH/c19-18(20,21)14-3-1-2-11(6-14)9-24-10-13(7-16(24)25)17(26)23-8-15(22)12-4-5-12;/h1-3,6,12-13,15H,4-5,7-10,22H2,(H,23,26);1H. The van der Waals surface area contributed by atoms with E-state index in [0.717, 1.165) is 25.0 Å². The number of rotatable bonds is 6. The first kappa shape index (κ1) is 21.5. The number of likely N-dealkylation sites (tertiary alicyclic amines) is 1. The van der Waals surface area contributed by atoms with Gasteiger partial charge in [0.25, 0.3) is 0 Å². The molecule has 0 bridgehead atoms. The lowest BCUT2D eigenvalue weighted by atomic mass is 10.1. The van der Waals surface area contributed by atoms with Crippen molar-refractivity contribution in [2.75, 3.05) is 13.1 Å². The molecule has 1 heterocycles. The molecule has 0 radical (unpaired) electrons. The Kier molecular flexibility index (Phi) is 6.75. The van der Waals surface area contributed by atoms with Crippen LogP contribution in [0.5, 0.6) is 0 Å². The fraction of sp³-hybridized carbons (Fsp3) is 0.556. The van der Waals surface area contributed by atoms with E-state index in [1.807, 2.05) is 0 Å². The number of benzene rings is 1. The van der Waals surface area contributed by atoms with Gasteiger partial charge in [-0.2, -0.15) is 13.2 Å². The van der Waals surface area contributed by atoms with Gasteiger partial charge in [0.2, 0.25) is 11.8 Å². The molecule has 1 aromatic rings. The minimum Gasteiger partial charge on any atom is -0.354 e.